The Bertz CT molecular complexity index is 434. The van der Waals surface area contributed by atoms with Crippen molar-refractivity contribution in [3.63, 3.8) is 0 Å². The summed E-state index contributed by atoms with van der Waals surface area (Å²) < 4.78 is 11.4. The third kappa shape index (κ3) is 3.88. The van der Waals surface area contributed by atoms with Crippen LogP contribution in [0, 0.1) is 0 Å². The van der Waals surface area contributed by atoms with Crippen LogP contribution in [0.2, 0.25) is 0 Å². The Labute approximate surface area is 114 Å². The average Bonchev–Trinajstić information content (AvgIpc) is 2.45. The van der Waals surface area contributed by atoms with Crippen LogP contribution in [-0.4, -0.2) is 18.7 Å². The van der Waals surface area contributed by atoms with Gasteiger partial charge in [-0.1, -0.05) is 19.1 Å². The molecule has 1 aromatic rings. The highest BCUT2D eigenvalue weighted by molar-refractivity contribution is 5.94. The molecule has 1 aromatic carbocycles. The highest BCUT2D eigenvalue weighted by Crippen LogP contribution is 2.19. The van der Waals surface area contributed by atoms with Crippen molar-refractivity contribution in [1.82, 2.24) is 0 Å². The van der Waals surface area contributed by atoms with Crippen LogP contribution >= 0.6 is 0 Å². The number of ketones is 1. The maximum atomic E-state index is 11.4. The molecule has 0 aliphatic carbocycles. The van der Waals surface area contributed by atoms with Crippen molar-refractivity contribution in [2.45, 2.75) is 52.4 Å². The Morgan fingerprint density at radius 2 is 2.21 bits per heavy atom. The Balaban J connectivity index is 2.00. The summed E-state index contributed by atoms with van der Waals surface area (Å²) in [6.45, 7) is 5.06. The molecule has 3 nitrogen and oxygen atoms in total. The second kappa shape index (κ2) is 6.83. The van der Waals surface area contributed by atoms with Crippen molar-refractivity contribution >= 4 is 5.78 Å². The molecule has 2 rings (SSSR count). The van der Waals surface area contributed by atoms with Crippen LogP contribution in [0.5, 0.6) is 0 Å². The lowest BCUT2D eigenvalue weighted by Crippen LogP contribution is -2.22. The second-order valence-corrected chi connectivity index (χ2v) is 5.00. The lowest BCUT2D eigenvalue weighted by molar-refractivity contribution is -0.169. The van der Waals surface area contributed by atoms with Gasteiger partial charge in [0.05, 0.1) is 6.61 Å². The molecule has 1 heterocycles. The van der Waals surface area contributed by atoms with Gasteiger partial charge < -0.3 is 9.47 Å². The van der Waals surface area contributed by atoms with E-state index in [0.29, 0.717) is 6.61 Å². The van der Waals surface area contributed by atoms with Crippen LogP contribution in [-0.2, 0) is 22.5 Å². The van der Waals surface area contributed by atoms with E-state index in [-0.39, 0.29) is 12.1 Å². The zero-order chi connectivity index (χ0) is 13.7. The van der Waals surface area contributed by atoms with E-state index in [1.54, 1.807) is 6.92 Å². The fourth-order valence-electron chi connectivity index (χ4n) is 2.34. The molecule has 1 aliphatic rings. The number of benzene rings is 1. The standard InChI is InChI=1S/C16H22O3/c1-3-13-10-14(12(2)17)7-8-15(13)11-19-16-6-4-5-9-18-16/h7-8,10,16H,3-6,9,11H2,1-2H3. The zero-order valence-electron chi connectivity index (χ0n) is 11.8. The minimum absolute atomic E-state index is 0.0639. The van der Waals surface area contributed by atoms with Crippen molar-refractivity contribution < 1.29 is 14.3 Å². The van der Waals surface area contributed by atoms with Gasteiger partial charge in [-0.3, -0.25) is 4.79 Å². The highest BCUT2D eigenvalue weighted by Gasteiger charge is 2.15. The molecule has 1 atom stereocenters. The van der Waals surface area contributed by atoms with E-state index < -0.39 is 0 Å². The minimum Gasteiger partial charge on any atom is -0.353 e. The molecule has 0 saturated carbocycles. The summed E-state index contributed by atoms with van der Waals surface area (Å²) in [5.41, 5.74) is 3.11. The molecule has 1 unspecified atom stereocenters. The average molecular weight is 262 g/mol. The summed E-state index contributed by atoms with van der Waals surface area (Å²) in [7, 11) is 0. The lowest BCUT2D eigenvalue weighted by atomic mass is 10.0. The van der Waals surface area contributed by atoms with E-state index in [1.165, 1.54) is 12.0 Å². The molecule has 0 N–H and O–H groups in total. The number of hydrogen-bond acceptors (Lipinski definition) is 3. The quantitative estimate of drug-likeness (QED) is 0.762. The van der Waals surface area contributed by atoms with Crippen LogP contribution in [0.15, 0.2) is 18.2 Å². The van der Waals surface area contributed by atoms with E-state index in [4.69, 9.17) is 9.47 Å². The summed E-state index contributed by atoms with van der Waals surface area (Å²) in [4.78, 5) is 11.4. The number of Topliss-reactive ketones (excluding diaryl/α,β-unsaturated/α-hetero) is 1. The van der Waals surface area contributed by atoms with E-state index >= 15 is 0 Å². The van der Waals surface area contributed by atoms with Crippen LogP contribution in [0.25, 0.3) is 0 Å². The van der Waals surface area contributed by atoms with Crippen LogP contribution < -0.4 is 0 Å². The van der Waals surface area contributed by atoms with Gasteiger partial charge in [-0.05, 0) is 49.8 Å². The van der Waals surface area contributed by atoms with Crippen molar-refractivity contribution in [2.75, 3.05) is 6.61 Å². The highest BCUT2D eigenvalue weighted by atomic mass is 16.7. The molecule has 1 fully saturated rings. The number of aryl methyl sites for hydroxylation is 1. The predicted molar refractivity (Wildman–Crippen MR) is 74.2 cm³/mol. The molecular formula is C16H22O3. The van der Waals surface area contributed by atoms with Gasteiger partial charge in [0.25, 0.3) is 0 Å². The number of ether oxygens (including phenoxy) is 2. The third-order valence-electron chi connectivity index (χ3n) is 3.56. The van der Waals surface area contributed by atoms with Gasteiger partial charge in [0.1, 0.15) is 0 Å². The first-order valence-electron chi connectivity index (χ1n) is 7.06. The maximum absolute atomic E-state index is 11.4. The lowest BCUT2D eigenvalue weighted by Gasteiger charge is -2.23. The number of carbonyl (C=O) groups excluding carboxylic acids is 1. The second-order valence-electron chi connectivity index (χ2n) is 5.00. The summed E-state index contributed by atoms with van der Waals surface area (Å²) in [6, 6.07) is 5.85. The molecule has 19 heavy (non-hydrogen) atoms. The van der Waals surface area contributed by atoms with Crippen molar-refractivity contribution in [3.8, 4) is 0 Å². The van der Waals surface area contributed by atoms with Crippen molar-refractivity contribution in [3.05, 3.63) is 34.9 Å². The monoisotopic (exact) mass is 262 g/mol. The molecule has 3 heteroatoms. The van der Waals surface area contributed by atoms with Gasteiger partial charge in [0, 0.05) is 12.2 Å². The largest absolute Gasteiger partial charge is 0.353 e. The molecular weight excluding hydrogens is 240 g/mol. The van der Waals surface area contributed by atoms with Crippen molar-refractivity contribution in [2.24, 2.45) is 0 Å². The fraction of sp³-hybridized carbons (Fsp3) is 0.562. The van der Waals surface area contributed by atoms with Gasteiger partial charge in [0.2, 0.25) is 0 Å². The minimum atomic E-state index is -0.0639. The molecule has 0 amide bonds. The maximum Gasteiger partial charge on any atom is 0.159 e. The van der Waals surface area contributed by atoms with Gasteiger partial charge in [0.15, 0.2) is 12.1 Å². The summed E-state index contributed by atoms with van der Waals surface area (Å²) >= 11 is 0. The summed E-state index contributed by atoms with van der Waals surface area (Å²) in [6.07, 6.45) is 4.13. The Hall–Kier alpha value is -1.19. The first kappa shape index (κ1) is 14.2. The van der Waals surface area contributed by atoms with Gasteiger partial charge in [-0.2, -0.15) is 0 Å². The Morgan fingerprint density at radius 1 is 1.37 bits per heavy atom. The van der Waals surface area contributed by atoms with Gasteiger partial charge in [-0.15, -0.1) is 0 Å². The number of carbonyl (C=O) groups is 1. The predicted octanol–water partition coefficient (Wildman–Crippen LogP) is 3.49. The fourth-order valence-corrected chi connectivity index (χ4v) is 2.34. The molecule has 0 bridgehead atoms. The number of rotatable bonds is 5. The van der Waals surface area contributed by atoms with E-state index in [9.17, 15) is 4.79 Å². The first-order chi connectivity index (χ1) is 9.20. The van der Waals surface area contributed by atoms with E-state index in [2.05, 4.69) is 6.92 Å². The van der Waals surface area contributed by atoms with Crippen molar-refractivity contribution in [1.29, 1.82) is 0 Å². The first-order valence-corrected chi connectivity index (χ1v) is 7.06. The molecule has 1 aliphatic heterocycles. The summed E-state index contributed by atoms with van der Waals surface area (Å²) in [5.74, 6) is 0.109. The molecule has 0 radical (unpaired) electrons. The Kier molecular flexibility index (Phi) is 5.11. The number of hydrogen-bond donors (Lipinski definition) is 0. The Morgan fingerprint density at radius 3 is 2.84 bits per heavy atom. The molecule has 1 saturated heterocycles. The summed E-state index contributed by atoms with van der Waals surface area (Å²) in [5, 5.41) is 0. The smallest absolute Gasteiger partial charge is 0.159 e. The van der Waals surface area contributed by atoms with Gasteiger partial charge in [-0.25, -0.2) is 0 Å². The third-order valence-corrected chi connectivity index (χ3v) is 3.56. The van der Waals surface area contributed by atoms with Crippen LogP contribution in [0.4, 0.5) is 0 Å². The topological polar surface area (TPSA) is 35.5 Å². The molecule has 0 aromatic heterocycles. The molecule has 104 valence electrons. The van der Waals surface area contributed by atoms with E-state index in [1.807, 2.05) is 18.2 Å². The van der Waals surface area contributed by atoms with Crippen LogP contribution in [0.1, 0.15) is 54.6 Å². The van der Waals surface area contributed by atoms with Gasteiger partial charge >= 0.3 is 0 Å². The SMILES string of the molecule is CCc1cc(C(C)=O)ccc1COC1CCCCO1. The molecule has 0 spiro atoms. The zero-order valence-corrected chi connectivity index (χ0v) is 11.8. The van der Waals surface area contributed by atoms with E-state index in [0.717, 1.165) is 37.0 Å². The van der Waals surface area contributed by atoms with Crippen LogP contribution in [0.3, 0.4) is 0 Å². The normalized spacial score (nSPS) is 19.4.